The maximum absolute atomic E-state index is 13.6. The first-order chi connectivity index (χ1) is 19.2. The first kappa shape index (κ1) is 25.9. The monoisotopic (exact) mass is 780 g/mol. The number of aromatic nitrogens is 1. The summed E-state index contributed by atoms with van der Waals surface area (Å²) in [5, 5.41) is 2.37. The molecule has 40 heavy (non-hydrogen) atoms. The maximum Gasteiger partial charge on any atom is 0.266 e. The van der Waals surface area contributed by atoms with Crippen LogP contribution in [0.15, 0.2) is 84.6 Å². The zero-order chi connectivity index (χ0) is 28.0. The first-order valence-corrected chi connectivity index (χ1v) is 15.1. The standard InChI is InChI=1S/C30H12Br4N2O4/c31-22-20-21(23(32)25(34)24(22)33)28(38)19(27(20)37)17-9-8-12-6-3-7-18(26(12)35-17)36-29(39)15-10-13-4-1-2-5-14(13)11-16(15)30(36)40/h1-11,19H. The van der Waals surface area contributed by atoms with Crippen molar-refractivity contribution >= 4 is 114 Å². The maximum atomic E-state index is 13.6. The Bertz CT molecular complexity index is 1950. The number of benzene rings is 4. The van der Waals surface area contributed by atoms with Crippen LogP contribution in [0.2, 0.25) is 0 Å². The molecule has 0 atom stereocenters. The minimum Gasteiger partial charge on any atom is -0.293 e. The summed E-state index contributed by atoms with van der Waals surface area (Å²) < 4.78 is 2.15. The average molecular weight is 784 g/mol. The number of hydrogen-bond acceptors (Lipinski definition) is 5. The van der Waals surface area contributed by atoms with Crippen LogP contribution >= 0.6 is 63.7 Å². The molecule has 0 radical (unpaired) electrons. The number of halogens is 4. The van der Waals surface area contributed by atoms with Gasteiger partial charge in [-0.25, -0.2) is 9.88 Å². The molecule has 5 aromatic rings. The highest BCUT2D eigenvalue weighted by Crippen LogP contribution is 2.48. The Morgan fingerprint density at radius 2 is 1.12 bits per heavy atom. The number of pyridine rings is 1. The molecule has 2 heterocycles. The summed E-state index contributed by atoms with van der Waals surface area (Å²) in [4.78, 5) is 60.3. The molecular weight excluding hydrogens is 772 g/mol. The van der Waals surface area contributed by atoms with Crippen LogP contribution in [0.3, 0.4) is 0 Å². The quantitative estimate of drug-likeness (QED) is 0.0778. The average Bonchev–Trinajstić information content (AvgIpc) is 3.36. The van der Waals surface area contributed by atoms with E-state index in [2.05, 4.69) is 63.7 Å². The Labute approximate surface area is 260 Å². The van der Waals surface area contributed by atoms with Crippen LogP contribution in [0.1, 0.15) is 53.0 Å². The fraction of sp³-hybridized carbons (Fsp3) is 0.0333. The lowest BCUT2D eigenvalue weighted by molar-refractivity contribution is 0.0881. The van der Waals surface area contributed by atoms with E-state index in [1.807, 2.05) is 24.3 Å². The molecule has 0 bridgehead atoms. The Kier molecular flexibility index (Phi) is 5.98. The van der Waals surface area contributed by atoms with Crippen LogP contribution in [-0.4, -0.2) is 28.4 Å². The Hall–Kier alpha value is -3.05. The summed E-state index contributed by atoms with van der Waals surface area (Å²) in [5.74, 6) is -2.86. The zero-order valence-electron chi connectivity index (χ0n) is 20.0. The van der Waals surface area contributed by atoms with Gasteiger partial charge in [0.05, 0.1) is 28.0 Å². The third kappa shape index (κ3) is 3.52. The molecule has 1 aliphatic carbocycles. The van der Waals surface area contributed by atoms with Crippen LogP contribution < -0.4 is 4.90 Å². The molecule has 2 aliphatic rings. The molecule has 7 rings (SSSR count). The molecule has 4 aromatic carbocycles. The molecule has 1 aromatic heterocycles. The molecule has 0 saturated heterocycles. The van der Waals surface area contributed by atoms with Crippen molar-refractivity contribution in [3.05, 3.63) is 113 Å². The molecule has 0 spiro atoms. The lowest BCUT2D eigenvalue weighted by atomic mass is 9.98. The molecule has 0 fully saturated rings. The highest BCUT2D eigenvalue weighted by atomic mass is 79.9. The second-order valence-electron chi connectivity index (χ2n) is 9.44. The molecule has 6 nitrogen and oxygen atoms in total. The second-order valence-corrected chi connectivity index (χ2v) is 12.6. The number of ketones is 2. The fourth-order valence-corrected chi connectivity index (χ4v) is 7.91. The summed E-state index contributed by atoms with van der Waals surface area (Å²) in [7, 11) is 0. The summed E-state index contributed by atoms with van der Waals surface area (Å²) in [6, 6.07) is 19.6. The number of amides is 2. The van der Waals surface area contributed by atoms with Gasteiger partial charge in [-0.05, 0) is 98.8 Å². The van der Waals surface area contributed by atoms with E-state index < -0.39 is 29.3 Å². The number of nitrogens with zero attached hydrogens (tertiary/aromatic N) is 2. The lowest BCUT2D eigenvalue weighted by Gasteiger charge is -2.17. The van der Waals surface area contributed by atoms with Crippen molar-refractivity contribution in [1.29, 1.82) is 0 Å². The van der Waals surface area contributed by atoms with Crippen LogP contribution in [0, 0.1) is 0 Å². The van der Waals surface area contributed by atoms with Crippen LogP contribution in [0.4, 0.5) is 5.69 Å². The van der Waals surface area contributed by atoms with Gasteiger partial charge in [-0.1, -0.05) is 42.5 Å². The smallest absolute Gasteiger partial charge is 0.266 e. The van der Waals surface area contributed by atoms with Crippen molar-refractivity contribution in [1.82, 2.24) is 4.98 Å². The van der Waals surface area contributed by atoms with E-state index in [4.69, 9.17) is 4.98 Å². The van der Waals surface area contributed by atoms with E-state index in [-0.39, 0.29) is 22.5 Å². The fourth-order valence-electron chi connectivity index (χ4n) is 5.40. The van der Waals surface area contributed by atoms with Gasteiger partial charge >= 0.3 is 0 Å². The number of rotatable bonds is 2. The first-order valence-electron chi connectivity index (χ1n) is 11.9. The van der Waals surface area contributed by atoms with Crippen LogP contribution in [-0.2, 0) is 0 Å². The van der Waals surface area contributed by atoms with Gasteiger partial charge in [-0.2, -0.15) is 0 Å². The Morgan fingerprint density at radius 1 is 0.600 bits per heavy atom. The summed E-state index contributed by atoms with van der Waals surface area (Å²) in [6.45, 7) is 0. The number of Topliss-reactive ketones (excluding diaryl/α,β-unsaturated/α-hetero) is 2. The van der Waals surface area contributed by atoms with Crippen molar-refractivity contribution in [3.8, 4) is 0 Å². The summed E-state index contributed by atoms with van der Waals surface area (Å²) in [5.41, 5.74) is 2.03. The predicted octanol–water partition coefficient (Wildman–Crippen LogP) is 8.40. The highest BCUT2D eigenvalue weighted by molar-refractivity contribution is 9.15. The molecule has 0 unspecified atom stereocenters. The van der Waals surface area contributed by atoms with Crippen LogP contribution in [0.25, 0.3) is 21.7 Å². The van der Waals surface area contributed by atoms with Crippen molar-refractivity contribution in [3.63, 3.8) is 0 Å². The van der Waals surface area contributed by atoms with Gasteiger partial charge in [0.25, 0.3) is 11.8 Å². The van der Waals surface area contributed by atoms with E-state index in [0.717, 1.165) is 15.7 Å². The number of hydrogen-bond donors (Lipinski definition) is 0. The van der Waals surface area contributed by atoms with Gasteiger partial charge in [0.15, 0.2) is 11.6 Å². The van der Waals surface area contributed by atoms with Gasteiger partial charge < -0.3 is 0 Å². The molecule has 2 amide bonds. The van der Waals surface area contributed by atoms with Gasteiger partial charge in [-0.15, -0.1) is 0 Å². The van der Waals surface area contributed by atoms with E-state index in [0.29, 0.717) is 39.9 Å². The molecule has 0 saturated carbocycles. The number of carbonyl (C=O) groups excluding carboxylic acids is 4. The molecule has 1 aliphatic heterocycles. The summed E-state index contributed by atoms with van der Waals surface area (Å²) >= 11 is 13.8. The van der Waals surface area contributed by atoms with Gasteiger partial charge in [0.2, 0.25) is 0 Å². The lowest BCUT2D eigenvalue weighted by Crippen LogP contribution is -2.29. The van der Waals surface area contributed by atoms with E-state index in [1.165, 1.54) is 0 Å². The van der Waals surface area contributed by atoms with E-state index >= 15 is 0 Å². The third-order valence-electron chi connectivity index (χ3n) is 7.29. The number of fused-ring (bicyclic) bond motifs is 4. The zero-order valence-corrected chi connectivity index (χ0v) is 26.3. The highest BCUT2D eigenvalue weighted by Gasteiger charge is 2.45. The van der Waals surface area contributed by atoms with Crippen molar-refractivity contribution in [2.24, 2.45) is 0 Å². The molecular formula is C30H12Br4N2O4. The van der Waals surface area contributed by atoms with Gasteiger partial charge in [-0.3, -0.25) is 19.2 Å². The number of imide groups is 1. The SMILES string of the molecule is O=C1c2c(Br)c(Br)c(Br)c(Br)c2C(=O)C1c1ccc2cccc(N3C(=O)c4cc5ccccc5cc4C3=O)c2n1. The molecule has 194 valence electrons. The third-order valence-corrected chi connectivity index (χ3v) is 12.1. The molecule has 0 N–H and O–H groups in total. The van der Waals surface area contributed by atoms with E-state index in [9.17, 15) is 19.2 Å². The summed E-state index contributed by atoms with van der Waals surface area (Å²) in [6.07, 6.45) is 0. The van der Waals surface area contributed by atoms with Crippen molar-refractivity contribution < 1.29 is 19.2 Å². The normalized spacial score (nSPS) is 15.1. The minimum atomic E-state index is -1.17. The Morgan fingerprint density at radius 3 is 1.68 bits per heavy atom. The number of anilines is 1. The molecule has 10 heteroatoms. The van der Waals surface area contributed by atoms with Gasteiger partial charge in [0.1, 0.15) is 5.92 Å². The van der Waals surface area contributed by atoms with Crippen molar-refractivity contribution in [2.75, 3.05) is 4.90 Å². The predicted molar refractivity (Wildman–Crippen MR) is 165 cm³/mol. The second kappa shape index (κ2) is 9.24. The number of carbonyl (C=O) groups is 4. The minimum absolute atomic E-state index is 0.236. The van der Waals surface area contributed by atoms with E-state index in [1.54, 1.807) is 42.5 Å². The topological polar surface area (TPSA) is 84.4 Å². The van der Waals surface area contributed by atoms with Gasteiger partial charge in [0, 0.05) is 34.4 Å². The van der Waals surface area contributed by atoms with Crippen LogP contribution in [0.5, 0.6) is 0 Å². The van der Waals surface area contributed by atoms with Crippen molar-refractivity contribution in [2.45, 2.75) is 5.92 Å². The largest absolute Gasteiger partial charge is 0.293 e. The Balaban J connectivity index is 1.37. The number of para-hydroxylation sites is 1.